The number of carbonyl (C=O) groups excluding carboxylic acids is 1. The van der Waals surface area contributed by atoms with Crippen molar-refractivity contribution < 1.29 is 20.1 Å². The maximum atomic E-state index is 11.5. The molecule has 6 heteroatoms. The normalized spacial score (nSPS) is 13.7. The molecule has 0 aromatic rings. The van der Waals surface area contributed by atoms with E-state index in [4.69, 9.17) is 21.1 Å². The van der Waals surface area contributed by atoms with Crippen LogP contribution < -0.4 is 11.1 Å². The number of nitrogens with one attached hydrogen (secondary N) is 1. The van der Waals surface area contributed by atoms with Gasteiger partial charge in [0.05, 0.1) is 25.9 Å². The second-order valence-electron chi connectivity index (χ2n) is 3.64. The van der Waals surface area contributed by atoms with Crippen molar-refractivity contribution in [1.82, 2.24) is 5.32 Å². The lowest BCUT2D eigenvalue weighted by Crippen LogP contribution is -2.60. The van der Waals surface area contributed by atoms with Gasteiger partial charge in [-0.1, -0.05) is 13.3 Å². The molecule has 0 saturated heterocycles. The number of aliphatic hydroxyl groups is 3. The van der Waals surface area contributed by atoms with Crippen LogP contribution in [0, 0.1) is 0 Å². The van der Waals surface area contributed by atoms with Gasteiger partial charge in [-0.3, -0.25) is 4.79 Å². The van der Waals surface area contributed by atoms with Gasteiger partial charge >= 0.3 is 0 Å². The highest BCUT2D eigenvalue weighted by Crippen LogP contribution is 2.03. The first-order chi connectivity index (χ1) is 7.05. The molecule has 0 aromatic carbocycles. The Morgan fingerprint density at radius 3 is 2.13 bits per heavy atom. The average molecular weight is 220 g/mol. The molecule has 6 nitrogen and oxygen atoms in total. The molecule has 15 heavy (non-hydrogen) atoms. The minimum Gasteiger partial charge on any atom is -0.394 e. The van der Waals surface area contributed by atoms with Gasteiger partial charge in [0.15, 0.2) is 0 Å². The molecule has 0 aliphatic carbocycles. The first-order valence-corrected chi connectivity index (χ1v) is 4.95. The van der Waals surface area contributed by atoms with Crippen LogP contribution in [0.1, 0.15) is 19.8 Å². The minimum atomic E-state index is -1.39. The standard InChI is InChI=1S/C9H20N2O4/c1-2-3-7(10)8(15)11-9(4-12,5-13)6-14/h7,12-14H,2-6,10H2,1H3,(H,11,15)/t7-/m0/s1. The molecule has 0 fully saturated rings. The van der Waals surface area contributed by atoms with Gasteiger partial charge in [0.1, 0.15) is 5.54 Å². The lowest BCUT2D eigenvalue weighted by molar-refractivity contribution is -0.126. The number of amides is 1. The maximum Gasteiger partial charge on any atom is 0.237 e. The topological polar surface area (TPSA) is 116 Å². The Morgan fingerprint density at radius 2 is 1.80 bits per heavy atom. The van der Waals surface area contributed by atoms with E-state index in [1.165, 1.54) is 0 Å². The smallest absolute Gasteiger partial charge is 0.237 e. The fourth-order valence-electron chi connectivity index (χ4n) is 1.06. The quantitative estimate of drug-likeness (QED) is 0.338. The largest absolute Gasteiger partial charge is 0.394 e. The van der Waals surface area contributed by atoms with Crippen LogP contribution in [0.5, 0.6) is 0 Å². The van der Waals surface area contributed by atoms with Crippen molar-refractivity contribution in [2.75, 3.05) is 19.8 Å². The van der Waals surface area contributed by atoms with Crippen molar-refractivity contribution in [2.24, 2.45) is 5.73 Å². The summed E-state index contributed by atoms with van der Waals surface area (Å²) in [6.07, 6.45) is 1.28. The van der Waals surface area contributed by atoms with E-state index in [0.29, 0.717) is 6.42 Å². The summed E-state index contributed by atoms with van der Waals surface area (Å²) in [6.45, 7) is 0.282. The van der Waals surface area contributed by atoms with Crippen LogP contribution in [-0.4, -0.2) is 52.6 Å². The Labute approximate surface area is 89.1 Å². The molecule has 0 rings (SSSR count). The van der Waals surface area contributed by atoms with Crippen LogP contribution in [0.15, 0.2) is 0 Å². The van der Waals surface area contributed by atoms with E-state index in [0.717, 1.165) is 6.42 Å². The van der Waals surface area contributed by atoms with Crippen LogP contribution in [0.2, 0.25) is 0 Å². The van der Waals surface area contributed by atoms with Crippen molar-refractivity contribution in [1.29, 1.82) is 0 Å². The SMILES string of the molecule is CCC[C@H](N)C(=O)NC(CO)(CO)CO. The van der Waals surface area contributed by atoms with Gasteiger partial charge in [0.2, 0.25) is 5.91 Å². The summed E-state index contributed by atoms with van der Waals surface area (Å²) in [5.74, 6) is -0.478. The van der Waals surface area contributed by atoms with Crippen molar-refractivity contribution in [3.05, 3.63) is 0 Å². The molecule has 0 aliphatic rings. The lowest BCUT2D eigenvalue weighted by Gasteiger charge is -2.29. The van der Waals surface area contributed by atoms with Crippen molar-refractivity contribution in [3.8, 4) is 0 Å². The van der Waals surface area contributed by atoms with Gasteiger partial charge in [-0.2, -0.15) is 0 Å². The third kappa shape index (κ3) is 4.13. The van der Waals surface area contributed by atoms with E-state index in [1.807, 2.05) is 6.92 Å². The number of hydrogen-bond acceptors (Lipinski definition) is 5. The van der Waals surface area contributed by atoms with E-state index < -0.39 is 37.3 Å². The van der Waals surface area contributed by atoms with Gasteiger partial charge in [0, 0.05) is 0 Å². The van der Waals surface area contributed by atoms with Crippen molar-refractivity contribution in [2.45, 2.75) is 31.3 Å². The molecule has 0 aliphatic heterocycles. The van der Waals surface area contributed by atoms with E-state index in [2.05, 4.69) is 5.32 Å². The molecule has 0 unspecified atom stereocenters. The van der Waals surface area contributed by atoms with Crippen molar-refractivity contribution in [3.63, 3.8) is 0 Å². The third-order valence-corrected chi connectivity index (χ3v) is 2.23. The fourth-order valence-corrected chi connectivity index (χ4v) is 1.06. The predicted molar refractivity (Wildman–Crippen MR) is 55.0 cm³/mol. The summed E-state index contributed by atoms with van der Waals surface area (Å²) in [6, 6.07) is -0.681. The highest BCUT2D eigenvalue weighted by Gasteiger charge is 2.31. The summed E-state index contributed by atoms with van der Waals surface area (Å²) in [4.78, 5) is 11.5. The summed E-state index contributed by atoms with van der Waals surface area (Å²) < 4.78 is 0. The maximum absolute atomic E-state index is 11.5. The molecule has 6 N–H and O–H groups in total. The van der Waals surface area contributed by atoms with E-state index in [9.17, 15) is 4.79 Å². The van der Waals surface area contributed by atoms with Crippen LogP contribution in [0.3, 0.4) is 0 Å². The Hall–Kier alpha value is -0.690. The zero-order valence-corrected chi connectivity index (χ0v) is 8.94. The number of carbonyl (C=O) groups is 1. The molecular weight excluding hydrogens is 200 g/mol. The van der Waals surface area contributed by atoms with Gasteiger partial charge in [0.25, 0.3) is 0 Å². The number of hydrogen-bond donors (Lipinski definition) is 5. The van der Waals surface area contributed by atoms with Gasteiger partial charge < -0.3 is 26.4 Å². The monoisotopic (exact) mass is 220 g/mol. The van der Waals surface area contributed by atoms with E-state index in [1.54, 1.807) is 0 Å². The van der Waals surface area contributed by atoms with Crippen LogP contribution in [-0.2, 0) is 4.79 Å². The summed E-state index contributed by atoms with van der Waals surface area (Å²) in [7, 11) is 0. The Balaban J connectivity index is 4.34. The first-order valence-electron chi connectivity index (χ1n) is 4.95. The Kier molecular flexibility index (Phi) is 6.42. The van der Waals surface area contributed by atoms with Crippen LogP contribution >= 0.6 is 0 Å². The van der Waals surface area contributed by atoms with Crippen molar-refractivity contribution >= 4 is 5.91 Å². The second kappa shape index (κ2) is 6.73. The zero-order chi connectivity index (χ0) is 11.9. The Bertz CT molecular complexity index is 186. The molecule has 1 amide bonds. The van der Waals surface area contributed by atoms with E-state index >= 15 is 0 Å². The molecule has 0 bridgehead atoms. The number of aliphatic hydroxyl groups excluding tert-OH is 3. The summed E-state index contributed by atoms with van der Waals surface area (Å²) in [5, 5.41) is 29.2. The van der Waals surface area contributed by atoms with Gasteiger partial charge in [-0.25, -0.2) is 0 Å². The molecule has 0 radical (unpaired) electrons. The minimum absolute atomic E-state index is 0.478. The third-order valence-electron chi connectivity index (χ3n) is 2.23. The molecular formula is C9H20N2O4. The predicted octanol–water partition coefficient (Wildman–Crippen LogP) is -2.05. The van der Waals surface area contributed by atoms with Gasteiger partial charge in [-0.15, -0.1) is 0 Å². The first kappa shape index (κ1) is 14.3. The molecule has 0 spiro atoms. The van der Waals surface area contributed by atoms with Gasteiger partial charge in [-0.05, 0) is 6.42 Å². The molecule has 0 aromatic heterocycles. The molecule has 1 atom stereocenters. The molecule has 0 heterocycles. The van der Waals surface area contributed by atoms with Crippen LogP contribution in [0.4, 0.5) is 0 Å². The number of nitrogens with two attached hydrogens (primary N) is 1. The average Bonchev–Trinajstić information content (AvgIpc) is 2.26. The lowest BCUT2D eigenvalue weighted by atomic mass is 10.0. The zero-order valence-electron chi connectivity index (χ0n) is 8.94. The molecule has 90 valence electrons. The van der Waals surface area contributed by atoms with Crippen LogP contribution in [0.25, 0.3) is 0 Å². The Morgan fingerprint density at radius 1 is 1.33 bits per heavy atom. The summed E-state index contributed by atoms with van der Waals surface area (Å²) in [5.41, 5.74) is 4.16. The number of rotatable bonds is 7. The molecule has 0 saturated carbocycles. The highest BCUT2D eigenvalue weighted by molar-refractivity contribution is 5.82. The highest BCUT2D eigenvalue weighted by atomic mass is 16.3. The van der Waals surface area contributed by atoms with E-state index in [-0.39, 0.29) is 0 Å². The summed E-state index contributed by atoms with van der Waals surface area (Å²) >= 11 is 0. The fraction of sp³-hybridized carbons (Fsp3) is 0.889. The second-order valence-corrected chi connectivity index (χ2v) is 3.64.